The van der Waals surface area contributed by atoms with Crippen molar-refractivity contribution in [1.29, 1.82) is 0 Å². The number of thioether (sulfide) groups is 1. The number of carbonyl (C=O) groups is 1. The molecule has 2 aromatic heterocycles. The van der Waals surface area contributed by atoms with Crippen molar-refractivity contribution in [2.24, 2.45) is 0 Å². The first-order chi connectivity index (χ1) is 11.9. The third kappa shape index (κ3) is 3.26. The van der Waals surface area contributed by atoms with Gasteiger partial charge in [-0.25, -0.2) is 9.50 Å². The van der Waals surface area contributed by atoms with Crippen LogP contribution >= 0.6 is 23.1 Å². The van der Waals surface area contributed by atoms with Crippen molar-refractivity contribution in [3.63, 3.8) is 0 Å². The van der Waals surface area contributed by atoms with E-state index < -0.39 is 0 Å². The number of aromatic nitrogens is 3. The van der Waals surface area contributed by atoms with Crippen molar-refractivity contribution in [1.82, 2.24) is 19.5 Å². The molecule has 0 aromatic carbocycles. The summed E-state index contributed by atoms with van der Waals surface area (Å²) in [5, 5.41) is 5.65. The number of hydrogen-bond acceptors (Lipinski definition) is 6. The zero-order valence-corrected chi connectivity index (χ0v) is 16.7. The maximum Gasteiger partial charge on any atom is 0.245 e. The van der Waals surface area contributed by atoms with Gasteiger partial charge in [-0.3, -0.25) is 4.79 Å². The van der Waals surface area contributed by atoms with Crippen LogP contribution in [0.4, 0.5) is 5.13 Å². The smallest absolute Gasteiger partial charge is 0.245 e. The van der Waals surface area contributed by atoms with E-state index in [-0.39, 0.29) is 17.4 Å². The standard InChI is InChI=1S/C17H25N5OS2/c1-17(2,3)13-11-22-15(18-13)25-16(19-22)21-6-4-5-12(21)14(23)20-7-9-24-10-8-20/h11-12H,4-10H2,1-3H3. The number of nitrogens with zero attached hydrogens (tertiary/aromatic N) is 5. The van der Waals surface area contributed by atoms with E-state index in [2.05, 4.69) is 25.7 Å². The van der Waals surface area contributed by atoms with E-state index in [1.54, 1.807) is 11.3 Å². The maximum atomic E-state index is 13.0. The van der Waals surface area contributed by atoms with E-state index in [9.17, 15) is 4.79 Å². The number of anilines is 1. The lowest BCUT2D eigenvalue weighted by atomic mass is 9.93. The Labute approximate surface area is 156 Å². The van der Waals surface area contributed by atoms with Crippen LogP contribution in [0.2, 0.25) is 0 Å². The number of rotatable bonds is 2. The molecule has 6 nitrogen and oxygen atoms in total. The van der Waals surface area contributed by atoms with Crippen molar-refractivity contribution in [2.75, 3.05) is 36.0 Å². The lowest BCUT2D eigenvalue weighted by molar-refractivity contribution is -0.132. The quantitative estimate of drug-likeness (QED) is 0.803. The average molecular weight is 380 g/mol. The molecule has 2 aliphatic rings. The molecule has 0 radical (unpaired) electrons. The molecule has 1 amide bonds. The number of carbonyl (C=O) groups excluding carboxylic acids is 1. The average Bonchev–Trinajstić information content (AvgIpc) is 3.27. The molecule has 2 saturated heterocycles. The van der Waals surface area contributed by atoms with E-state index in [0.29, 0.717) is 0 Å². The maximum absolute atomic E-state index is 13.0. The second-order valence-corrected chi connectivity index (χ2v) is 9.94. The van der Waals surface area contributed by atoms with E-state index in [0.717, 1.165) is 59.8 Å². The predicted octanol–water partition coefficient (Wildman–Crippen LogP) is 2.63. The summed E-state index contributed by atoms with van der Waals surface area (Å²) in [7, 11) is 0. The van der Waals surface area contributed by atoms with Gasteiger partial charge in [0.1, 0.15) is 6.04 Å². The summed E-state index contributed by atoms with van der Waals surface area (Å²) in [5.74, 6) is 2.39. The first kappa shape index (κ1) is 17.1. The van der Waals surface area contributed by atoms with E-state index in [4.69, 9.17) is 10.1 Å². The number of fused-ring (bicyclic) bond motifs is 1. The first-order valence-corrected chi connectivity index (χ1v) is 10.9. The second kappa shape index (κ2) is 6.46. The first-order valence-electron chi connectivity index (χ1n) is 8.93. The number of imidazole rings is 1. The lowest BCUT2D eigenvalue weighted by Crippen LogP contribution is -2.48. The van der Waals surface area contributed by atoms with Gasteiger partial charge in [-0.2, -0.15) is 11.8 Å². The van der Waals surface area contributed by atoms with Gasteiger partial charge >= 0.3 is 0 Å². The van der Waals surface area contributed by atoms with Gasteiger partial charge in [0, 0.05) is 36.6 Å². The van der Waals surface area contributed by atoms with Crippen LogP contribution in [0.15, 0.2) is 6.20 Å². The van der Waals surface area contributed by atoms with E-state index in [1.807, 2.05) is 27.4 Å². The zero-order chi connectivity index (χ0) is 17.6. The van der Waals surface area contributed by atoms with Crippen LogP contribution in [0, 0.1) is 0 Å². The second-order valence-electron chi connectivity index (χ2n) is 7.78. The Morgan fingerprint density at radius 3 is 2.68 bits per heavy atom. The van der Waals surface area contributed by atoms with Crippen LogP contribution in [-0.4, -0.2) is 62.6 Å². The van der Waals surface area contributed by atoms with Gasteiger partial charge in [-0.1, -0.05) is 32.1 Å². The third-order valence-electron chi connectivity index (χ3n) is 4.91. The molecule has 0 N–H and O–H groups in total. The van der Waals surface area contributed by atoms with Crippen LogP contribution in [0.3, 0.4) is 0 Å². The summed E-state index contributed by atoms with van der Waals surface area (Å²) in [6.45, 7) is 9.14. The number of amides is 1. The fourth-order valence-electron chi connectivity index (χ4n) is 3.41. The van der Waals surface area contributed by atoms with Crippen LogP contribution in [0.1, 0.15) is 39.3 Å². The molecule has 0 aliphatic carbocycles. The molecule has 0 bridgehead atoms. The van der Waals surface area contributed by atoms with Crippen molar-refractivity contribution in [2.45, 2.75) is 45.1 Å². The van der Waals surface area contributed by atoms with Gasteiger partial charge < -0.3 is 9.80 Å². The van der Waals surface area contributed by atoms with Gasteiger partial charge in [-0.15, -0.1) is 5.10 Å². The van der Waals surface area contributed by atoms with Gasteiger partial charge in [-0.05, 0) is 12.8 Å². The lowest BCUT2D eigenvalue weighted by Gasteiger charge is -2.32. The molecule has 0 spiro atoms. The highest BCUT2D eigenvalue weighted by molar-refractivity contribution is 7.99. The Kier molecular flexibility index (Phi) is 4.43. The Morgan fingerprint density at radius 1 is 1.24 bits per heavy atom. The Morgan fingerprint density at radius 2 is 2.00 bits per heavy atom. The normalized spacial score (nSPS) is 22.1. The molecule has 1 atom stereocenters. The molecule has 4 rings (SSSR count). The molecule has 8 heteroatoms. The summed E-state index contributed by atoms with van der Waals surface area (Å²) in [6, 6.07) is -0.0546. The highest BCUT2D eigenvalue weighted by Crippen LogP contribution is 2.32. The van der Waals surface area contributed by atoms with E-state index in [1.165, 1.54) is 0 Å². The molecule has 136 valence electrons. The Hall–Kier alpha value is -1.28. The molecular formula is C17H25N5OS2. The highest BCUT2D eigenvalue weighted by atomic mass is 32.2. The summed E-state index contributed by atoms with van der Waals surface area (Å²) >= 11 is 3.52. The van der Waals surface area contributed by atoms with Crippen LogP contribution in [0.25, 0.3) is 4.96 Å². The minimum absolute atomic E-state index is 0.0198. The van der Waals surface area contributed by atoms with Gasteiger partial charge in [0.2, 0.25) is 16.0 Å². The molecule has 2 aromatic rings. The van der Waals surface area contributed by atoms with Crippen molar-refractivity contribution >= 4 is 39.1 Å². The number of hydrogen-bond donors (Lipinski definition) is 0. The Balaban J connectivity index is 1.56. The monoisotopic (exact) mass is 379 g/mol. The minimum Gasteiger partial charge on any atom is -0.339 e. The topological polar surface area (TPSA) is 53.7 Å². The summed E-state index contributed by atoms with van der Waals surface area (Å²) in [5.41, 5.74) is 1.07. The van der Waals surface area contributed by atoms with Crippen molar-refractivity contribution < 1.29 is 4.79 Å². The molecular weight excluding hydrogens is 354 g/mol. The summed E-state index contributed by atoms with van der Waals surface area (Å²) in [4.78, 5) is 22.8. The largest absolute Gasteiger partial charge is 0.339 e. The highest BCUT2D eigenvalue weighted by Gasteiger charge is 2.36. The van der Waals surface area contributed by atoms with Crippen molar-refractivity contribution in [3.05, 3.63) is 11.9 Å². The van der Waals surface area contributed by atoms with Gasteiger partial charge in [0.05, 0.1) is 11.9 Å². The van der Waals surface area contributed by atoms with Crippen LogP contribution < -0.4 is 4.90 Å². The molecule has 2 fully saturated rings. The molecule has 1 unspecified atom stereocenters. The predicted molar refractivity (Wildman–Crippen MR) is 104 cm³/mol. The fraction of sp³-hybridized carbons (Fsp3) is 0.706. The van der Waals surface area contributed by atoms with Gasteiger partial charge in [0.25, 0.3) is 0 Å². The van der Waals surface area contributed by atoms with E-state index >= 15 is 0 Å². The molecule has 4 heterocycles. The molecule has 2 aliphatic heterocycles. The van der Waals surface area contributed by atoms with Crippen molar-refractivity contribution in [3.8, 4) is 0 Å². The van der Waals surface area contributed by atoms with Crippen LogP contribution in [0.5, 0.6) is 0 Å². The third-order valence-corrected chi connectivity index (χ3v) is 6.81. The minimum atomic E-state index is -0.0546. The molecule has 0 saturated carbocycles. The molecule has 25 heavy (non-hydrogen) atoms. The Bertz CT molecular complexity index is 740. The summed E-state index contributed by atoms with van der Waals surface area (Å²) in [6.07, 6.45) is 4.00. The van der Waals surface area contributed by atoms with Crippen LogP contribution in [-0.2, 0) is 10.2 Å². The zero-order valence-electron chi connectivity index (χ0n) is 15.1. The SMILES string of the molecule is CC(C)(C)c1cn2nc(N3CCCC3C(=O)N3CCSCC3)sc2n1. The van der Waals surface area contributed by atoms with Gasteiger partial charge in [0.15, 0.2) is 0 Å². The summed E-state index contributed by atoms with van der Waals surface area (Å²) < 4.78 is 1.87. The fourth-order valence-corrected chi connectivity index (χ4v) is 5.28.